The monoisotopic (exact) mass is 169 g/mol. The summed E-state index contributed by atoms with van der Waals surface area (Å²) in [6, 6.07) is 3.71. The van der Waals surface area contributed by atoms with E-state index < -0.39 is 0 Å². The van der Waals surface area contributed by atoms with Gasteiger partial charge in [0.15, 0.2) is 0 Å². The summed E-state index contributed by atoms with van der Waals surface area (Å²) in [4.78, 5) is 13.8. The number of hydrogen-bond acceptors (Lipinski definition) is 2. The zero-order chi connectivity index (χ0) is 8.27. The fraction of sp³-hybridized carbons (Fsp3) is 0.375. The lowest BCUT2D eigenvalue weighted by Gasteiger charge is -2.05. The van der Waals surface area contributed by atoms with Crippen molar-refractivity contribution in [1.82, 2.24) is 4.98 Å². The van der Waals surface area contributed by atoms with Crippen LogP contribution in [-0.4, -0.2) is 11.2 Å². The van der Waals surface area contributed by atoms with Crippen molar-refractivity contribution in [2.75, 3.05) is 6.26 Å². The Labute approximate surface area is 70.0 Å². The molecule has 1 rings (SSSR count). The van der Waals surface area contributed by atoms with Crippen LogP contribution < -0.4 is 5.56 Å². The Morgan fingerprint density at radius 2 is 2.36 bits per heavy atom. The van der Waals surface area contributed by atoms with Crippen LogP contribution in [0.1, 0.15) is 17.7 Å². The number of H-pyrrole nitrogens is 1. The van der Waals surface area contributed by atoms with E-state index >= 15 is 0 Å². The second-order valence-corrected chi connectivity index (χ2v) is 3.51. The third-order valence-corrected chi connectivity index (χ3v) is 2.60. The maximum atomic E-state index is 11.2. The zero-order valence-electron chi connectivity index (χ0n) is 6.63. The molecule has 1 atom stereocenters. The Kier molecular flexibility index (Phi) is 2.76. The normalized spacial score (nSPS) is 12.9. The highest BCUT2D eigenvalue weighted by atomic mass is 32.2. The van der Waals surface area contributed by atoms with Crippen molar-refractivity contribution in [3.63, 3.8) is 0 Å². The van der Waals surface area contributed by atoms with Crippen molar-refractivity contribution in [3.05, 3.63) is 34.2 Å². The van der Waals surface area contributed by atoms with Crippen LogP contribution in [0, 0.1) is 0 Å². The molecule has 0 aliphatic rings. The summed E-state index contributed by atoms with van der Waals surface area (Å²) in [5.74, 6) is 0. The van der Waals surface area contributed by atoms with Crippen molar-refractivity contribution in [2.45, 2.75) is 12.2 Å². The fourth-order valence-electron chi connectivity index (χ4n) is 0.882. The van der Waals surface area contributed by atoms with Crippen molar-refractivity contribution < 1.29 is 0 Å². The maximum absolute atomic E-state index is 11.2. The Hall–Kier alpha value is -0.700. The quantitative estimate of drug-likeness (QED) is 0.732. The summed E-state index contributed by atoms with van der Waals surface area (Å²) in [7, 11) is 0. The van der Waals surface area contributed by atoms with Crippen LogP contribution >= 0.6 is 11.8 Å². The molecule has 0 amide bonds. The minimum absolute atomic E-state index is 0.0225. The van der Waals surface area contributed by atoms with Crippen LogP contribution in [0.15, 0.2) is 23.1 Å². The molecule has 0 bridgehead atoms. The van der Waals surface area contributed by atoms with E-state index in [9.17, 15) is 4.79 Å². The lowest BCUT2D eigenvalue weighted by molar-refractivity contribution is 1.04. The second kappa shape index (κ2) is 3.62. The van der Waals surface area contributed by atoms with Gasteiger partial charge in [-0.25, -0.2) is 0 Å². The van der Waals surface area contributed by atoms with Gasteiger partial charge in [0.2, 0.25) is 0 Å². The van der Waals surface area contributed by atoms with E-state index in [0.717, 1.165) is 5.56 Å². The number of nitrogens with one attached hydrogen (secondary N) is 1. The molecule has 60 valence electrons. The minimum atomic E-state index is 0.0225. The van der Waals surface area contributed by atoms with Gasteiger partial charge in [-0.05, 0) is 19.2 Å². The Balaban J connectivity index is 3.03. The van der Waals surface area contributed by atoms with Crippen LogP contribution in [0.5, 0.6) is 0 Å². The molecule has 1 aromatic heterocycles. The van der Waals surface area contributed by atoms with Crippen LogP contribution in [0.25, 0.3) is 0 Å². The molecule has 11 heavy (non-hydrogen) atoms. The first kappa shape index (κ1) is 8.40. The number of rotatable bonds is 2. The number of pyridine rings is 1. The van der Waals surface area contributed by atoms with Gasteiger partial charge in [0.1, 0.15) is 0 Å². The summed E-state index contributed by atoms with van der Waals surface area (Å²) in [5, 5.41) is 0.278. The predicted octanol–water partition coefficient (Wildman–Crippen LogP) is 1.80. The van der Waals surface area contributed by atoms with E-state index in [-0.39, 0.29) is 10.8 Å². The molecule has 0 saturated heterocycles. The first-order valence-corrected chi connectivity index (χ1v) is 4.75. The van der Waals surface area contributed by atoms with E-state index in [4.69, 9.17) is 0 Å². The second-order valence-electron chi connectivity index (χ2n) is 2.33. The lowest BCUT2D eigenvalue weighted by atomic mass is 10.2. The van der Waals surface area contributed by atoms with Gasteiger partial charge in [-0.3, -0.25) is 4.79 Å². The van der Waals surface area contributed by atoms with Crippen LogP contribution in [0.4, 0.5) is 0 Å². The molecule has 2 nitrogen and oxygen atoms in total. The van der Waals surface area contributed by atoms with Gasteiger partial charge < -0.3 is 4.98 Å². The van der Waals surface area contributed by atoms with Gasteiger partial charge in [-0.2, -0.15) is 11.8 Å². The van der Waals surface area contributed by atoms with E-state index in [1.807, 2.05) is 25.3 Å². The maximum Gasteiger partial charge on any atom is 0.252 e. The molecule has 0 aliphatic heterocycles. The third kappa shape index (κ3) is 1.87. The molecular weight excluding hydrogens is 158 g/mol. The highest BCUT2D eigenvalue weighted by Crippen LogP contribution is 2.21. The van der Waals surface area contributed by atoms with E-state index in [1.54, 1.807) is 18.0 Å². The standard InChI is InChI=1S/C8H11NOS/c1-6(11-2)7-4-3-5-9-8(7)10/h3-6H,1-2H3,(H,9,10). The first-order chi connectivity index (χ1) is 5.25. The third-order valence-electron chi connectivity index (χ3n) is 1.64. The van der Waals surface area contributed by atoms with Gasteiger partial charge in [-0.15, -0.1) is 0 Å². The van der Waals surface area contributed by atoms with Crippen molar-refractivity contribution >= 4 is 11.8 Å². The van der Waals surface area contributed by atoms with Gasteiger partial charge in [0.05, 0.1) is 0 Å². The lowest BCUT2D eigenvalue weighted by Crippen LogP contribution is -2.11. The van der Waals surface area contributed by atoms with Gasteiger partial charge >= 0.3 is 0 Å². The van der Waals surface area contributed by atoms with Crippen molar-refractivity contribution in [1.29, 1.82) is 0 Å². The molecule has 0 saturated carbocycles. The molecule has 1 unspecified atom stereocenters. The average molecular weight is 169 g/mol. The molecule has 1 N–H and O–H groups in total. The number of aromatic amines is 1. The van der Waals surface area contributed by atoms with Crippen molar-refractivity contribution in [3.8, 4) is 0 Å². The average Bonchev–Trinajstić information content (AvgIpc) is 2.04. The summed E-state index contributed by atoms with van der Waals surface area (Å²) in [6.07, 6.45) is 3.65. The van der Waals surface area contributed by atoms with Gasteiger partial charge in [0, 0.05) is 17.0 Å². The van der Waals surface area contributed by atoms with Crippen LogP contribution in [0.3, 0.4) is 0 Å². The minimum Gasteiger partial charge on any atom is -0.329 e. The molecule has 0 aliphatic carbocycles. The van der Waals surface area contributed by atoms with Crippen LogP contribution in [0.2, 0.25) is 0 Å². The Bertz CT molecular complexity index is 281. The molecule has 0 spiro atoms. The zero-order valence-corrected chi connectivity index (χ0v) is 7.44. The Morgan fingerprint density at radius 3 is 2.91 bits per heavy atom. The SMILES string of the molecule is CSC(C)c1ccc[nH]c1=O. The number of aromatic nitrogens is 1. The Morgan fingerprint density at radius 1 is 1.64 bits per heavy atom. The summed E-state index contributed by atoms with van der Waals surface area (Å²) >= 11 is 1.67. The van der Waals surface area contributed by atoms with Gasteiger partial charge in [-0.1, -0.05) is 6.07 Å². The topological polar surface area (TPSA) is 32.9 Å². The van der Waals surface area contributed by atoms with Gasteiger partial charge in [0.25, 0.3) is 5.56 Å². The number of thioether (sulfide) groups is 1. The predicted molar refractivity (Wildman–Crippen MR) is 49.0 cm³/mol. The highest BCUT2D eigenvalue weighted by Gasteiger charge is 2.05. The largest absolute Gasteiger partial charge is 0.329 e. The van der Waals surface area contributed by atoms with E-state index in [0.29, 0.717) is 0 Å². The van der Waals surface area contributed by atoms with E-state index in [1.165, 1.54) is 0 Å². The number of hydrogen-bond donors (Lipinski definition) is 1. The van der Waals surface area contributed by atoms with E-state index in [2.05, 4.69) is 4.98 Å². The molecule has 0 fully saturated rings. The molecule has 3 heteroatoms. The summed E-state index contributed by atoms with van der Waals surface area (Å²) in [5.41, 5.74) is 0.870. The van der Waals surface area contributed by atoms with Crippen molar-refractivity contribution in [2.24, 2.45) is 0 Å². The first-order valence-electron chi connectivity index (χ1n) is 3.46. The fourth-order valence-corrected chi connectivity index (χ4v) is 1.32. The molecular formula is C8H11NOS. The molecule has 1 aromatic rings. The molecule has 1 heterocycles. The van der Waals surface area contributed by atoms with Crippen LogP contribution in [-0.2, 0) is 0 Å². The smallest absolute Gasteiger partial charge is 0.252 e. The molecule has 0 radical (unpaired) electrons. The summed E-state index contributed by atoms with van der Waals surface area (Å²) in [6.45, 7) is 2.02. The summed E-state index contributed by atoms with van der Waals surface area (Å²) < 4.78 is 0. The highest BCUT2D eigenvalue weighted by molar-refractivity contribution is 7.98. The molecule has 0 aromatic carbocycles.